The van der Waals surface area contributed by atoms with Crippen LogP contribution in [-0.2, 0) is 4.74 Å². The molecule has 0 saturated carbocycles. The van der Waals surface area contributed by atoms with Crippen molar-refractivity contribution in [3.63, 3.8) is 0 Å². The van der Waals surface area contributed by atoms with E-state index in [1.54, 1.807) is 0 Å². The molecule has 106 valence electrons. The van der Waals surface area contributed by atoms with E-state index in [0.717, 1.165) is 41.5 Å². The van der Waals surface area contributed by atoms with Crippen molar-refractivity contribution in [1.29, 1.82) is 0 Å². The lowest BCUT2D eigenvalue weighted by Crippen LogP contribution is -2.24. The van der Waals surface area contributed by atoms with Gasteiger partial charge in [0.1, 0.15) is 0 Å². The molecule has 1 aromatic carbocycles. The highest BCUT2D eigenvalue weighted by Crippen LogP contribution is 2.38. The van der Waals surface area contributed by atoms with E-state index in [4.69, 9.17) is 4.74 Å². The molecule has 1 N–H and O–H groups in total. The largest absolute Gasteiger partial charge is 0.373 e. The van der Waals surface area contributed by atoms with Gasteiger partial charge in [0.25, 0.3) is 0 Å². The maximum atomic E-state index is 6.00. The Kier molecular flexibility index (Phi) is 4.34. The van der Waals surface area contributed by atoms with Crippen molar-refractivity contribution in [1.82, 2.24) is 10.3 Å². The quantitative estimate of drug-likeness (QED) is 0.925. The Balaban J connectivity index is 1.99. The third-order valence-corrected chi connectivity index (χ3v) is 4.62. The van der Waals surface area contributed by atoms with Crippen molar-refractivity contribution in [3.05, 3.63) is 40.5 Å². The van der Waals surface area contributed by atoms with Crippen LogP contribution in [0.5, 0.6) is 0 Å². The average Bonchev–Trinajstić information content (AvgIpc) is 2.94. The molecule has 0 spiro atoms. The molecule has 1 aliphatic rings. The number of benzene rings is 1. The van der Waals surface area contributed by atoms with Crippen LogP contribution < -0.4 is 5.32 Å². The number of halogens is 1. The Labute approximate surface area is 127 Å². The molecule has 3 rings (SSSR count). The number of hydrogen-bond acceptors (Lipinski definition) is 3. The SMILES string of the molecule is CCNCC1CCOC1c1ccc(Br)c2cccnc12. The van der Waals surface area contributed by atoms with Crippen LogP contribution in [0.25, 0.3) is 10.9 Å². The lowest BCUT2D eigenvalue weighted by Gasteiger charge is -2.20. The predicted octanol–water partition coefficient (Wildman–Crippen LogP) is 3.68. The number of ether oxygens (including phenoxy) is 1. The third kappa shape index (κ3) is 2.60. The van der Waals surface area contributed by atoms with E-state index in [1.165, 1.54) is 5.56 Å². The first-order valence-corrected chi connectivity index (χ1v) is 7.96. The highest BCUT2D eigenvalue weighted by molar-refractivity contribution is 9.10. The Morgan fingerprint density at radius 1 is 1.40 bits per heavy atom. The van der Waals surface area contributed by atoms with E-state index in [0.29, 0.717) is 5.92 Å². The summed E-state index contributed by atoms with van der Waals surface area (Å²) in [5.74, 6) is 0.529. The first-order valence-electron chi connectivity index (χ1n) is 7.16. The van der Waals surface area contributed by atoms with Gasteiger partial charge in [0.2, 0.25) is 0 Å². The van der Waals surface area contributed by atoms with Crippen molar-refractivity contribution in [2.24, 2.45) is 5.92 Å². The van der Waals surface area contributed by atoms with E-state index in [9.17, 15) is 0 Å². The van der Waals surface area contributed by atoms with E-state index in [2.05, 4.69) is 51.4 Å². The Hall–Kier alpha value is -0.970. The molecule has 1 aromatic heterocycles. The van der Waals surface area contributed by atoms with E-state index >= 15 is 0 Å². The molecule has 0 bridgehead atoms. The Morgan fingerprint density at radius 2 is 2.30 bits per heavy atom. The van der Waals surface area contributed by atoms with Crippen molar-refractivity contribution >= 4 is 26.8 Å². The van der Waals surface area contributed by atoms with Gasteiger partial charge in [-0.15, -0.1) is 0 Å². The number of aromatic nitrogens is 1. The number of nitrogens with zero attached hydrogens (tertiary/aromatic N) is 1. The van der Waals surface area contributed by atoms with Crippen LogP contribution in [0.4, 0.5) is 0 Å². The topological polar surface area (TPSA) is 34.1 Å². The van der Waals surface area contributed by atoms with Gasteiger partial charge < -0.3 is 10.1 Å². The van der Waals surface area contributed by atoms with E-state index in [-0.39, 0.29) is 6.10 Å². The second-order valence-corrected chi connectivity index (χ2v) is 6.04. The van der Waals surface area contributed by atoms with Gasteiger partial charge in [-0.3, -0.25) is 4.98 Å². The Bertz CT molecular complexity index is 602. The van der Waals surface area contributed by atoms with Crippen LogP contribution >= 0.6 is 15.9 Å². The first-order chi connectivity index (χ1) is 9.81. The van der Waals surface area contributed by atoms with Gasteiger partial charge >= 0.3 is 0 Å². The first kappa shape index (κ1) is 14.0. The van der Waals surface area contributed by atoms with Crippen LogP contribution in [0.2, 0.25) is 0 Å². The van der Waals surface area contributed by atoms with Gasteiger partial charge in [-0.05, 0) is 25.1 Å². The fourth-order valence-electron chi connectivity index (χ4n) is 2.91. The molecule has 0 aliphatic carbocycles. The number of rotatable bonds is 4. The standard InChI is InChI=1S/C16H19BrN2O/c1-2-18-10-11-7-9-20-16(11)13-5-6-14(17)12-4-3-8-19-15(12)13/h3-6,8,11,16,18H,2,7,9-10H2,1H3. The van der Waals surface area contributed by atoms with Gasteiger partial charge in [0.05, 0.1) is 11.6 Å². The zero-order chi connectivity index (χ0) is 13.9. The van der Waals surface area contributed by atoms with E-state index < -0.39 is 0 Å². The van der Waals surface area contributed by atoms with Gasteiger partial charge in [-0.1, -0.05) is 35.0 Å². The van der Waals surface area contributed by atoms with Crippen LogP contribution in [0, 0.1) is 5.92 Å². The highest BCUT2D eigenvalue weighted by Gasteiger charge is 2.30. The summed E-state index contributed by atoms with van der Waals surface area (Å²) in [5.41, 5.74) is 2.26. The third-order valence-electron chi connectivity index (χ3n) is 3.92. The summed E-state index contributed by atoms with van der Waals surface area (Å²) in [6, 6.07) is 8.33. The summed E-state index contributed by atoms with van der Waals surface area (Å²) in [6.45, 7) is 4.99. The summed E-state index contributed by atoms with van der Waals surface area (Å²) in [6.07, 6.45) is 3.12. The minimum Gasteiger partial charge on any atom is -0.373 e. The van der Waals surface area contributed by atoms with E-state index in [1.807, 2.05) is 12.3 Å². The van der Waals surface area contributed by atoms with Crippen LogP contribution in [0.1, 0.15) is 25.0 Å². The fraction of sp³-hybridized carbons (Fsp3) is 0.438. The number of pyridine rings is 1. The van der Waals surface area contributed by atoms with Crippen LogP contribution in [0.15, 0.2) is 34.9 Å². The zero-order valence-corrected chi connectivity index (χ0v) is 13.2. The molecule has 0 amide bonds. The number of nitrogens with one attached hydrogen (secondary N) is 1. The summed E-state index contributed by atoms with van der Waals surface area (Å²) < 4.78 is 7.09. The zero-order valence-electron chi connectivity index (χ0n) is 11.6. The second-order valence-electron chi connectivity index (χ2n) is 5.18. The maximum absolute atomic E-state index is 6.00. The molecular weight excluding hydrogens is 316 g/mol. The van der Waals surface area contributed by atoms with Crippen molar-refractivity contribution in [2.75, 3.05) is 19.7 Å². The molecule has 1 saturated heterocycles. The van der Waals surface area contributed by atoms with Crippen LogP contribution in [-0.4, -0.2) is 24.7 Å². The minimum absolute atomic E-state index is 0.152. The maximum Gasteiger partial charge on any atom is 0.0887 e. The number of hydrogen-bond donors (Lipinski definition) is 1. The Morgan fingerprint density at radius 3 is 3.15 bits per heavy atom. The molecule has 0 radical (unpaired) electrons. The smallest absolute Gasteiger partial charge is 0.0887 e. The minimum atomic E-state index is 0.152. The molecule has 1 aliphatic heterocycles. The molecule has 2 atom stereocenters. The average molecular weight is 335 g/mol. The van der Waals surface area contributed by atoms with Crippen LogP contribution in [0.3, 0.4) is 0 Å². The molecule has 3 nitrogen and oxygen atoms in total. The highest BCUT2D eigenvalue weighted by atomic mass is 79.9. The van der Waals surface area contributed by atoms with Gasteiger partial charge in [-0.2, -0.15) is 0 Å². The summed E-state index contributed by atoms with van der Waals surface area (Å²) in [4.78, 5) is 4.57. The fourth-order valence-corrected chi connectivity index (χ4v) is 3.36. The molecule has 2 unspecified atom stereocenters. The lowest BCUT2D eigenvalue weighted by molar-refractivity contribution is 0.0916. The van der Waals surface area contributed by atoms with Gasteiger partial charge in [-0.25, -0.2) is 0 Å². The number of fused-ring (bicyclic) bond motifs is 1. The summed E-state index contributed by atoms with van der Waals surface area (Å²) >= 11 is 3.60. The van der Waals surface area contributed by atoms with Gasteiger partial charge in [0.15, 0.2) is 0 Å². The van der Waals surface area contributed by atoms with Gasteiger partial charge in [0, 0.05) is 40.7 Å². The molecular formula is C16H19BrN2O. The van der Waals surface area contributed by atoms with Crippen molar-refractivity contribution in [2.45, 2.75) is 19.4 Å². The molecule has 4 heteroatoms. The normalized spacial score (nSPS) is 22.5. The molecule has 2 aromatic rings. The monoisotopic (exact) mass is 334 g/mol. The van der Waals surface area contributed by atoms with Crippen molar-refractivity contribution < 1.29 is 4.74 Å². The second kappa shape index (κ2) is 6.20. The molecule has 2 heterocycles. The predicted molar refractivity (Wildman–Crippen MR) is 84.8 cm³/mol. The van der Waals surface area contributed by atoms with Crippen molar-refractivity contribution in [3.8, 4) is 0 Å². The lowest BCUT2D eigenvalue weighted by atomic mass is 9.93. The summed E-state index contributed by atoms with van der Waals surface area (Å²) in [5, 5.41) is 4.59. The summed E-state index contributed by atoms with van der Waals surface area (Å²) in [7, 11) is 0. The molecule has 20 heavy (non-hydrogen) atoms. The molecule has 1 fully saturated rings.